The predicted molar refractivity (Wildman–Crippen MR) is 152 cm³/mol. The molecule has 1 heterocycles. The van der Waals surface area contributed by atoms with Crippen LogP contribution in [0.2, 0.25) is 0 Å². The molecule has 9 heteroatoms. The Balaban J connectivity index is 1.73. The van der Waals surface area contributed by atoms with Crippen molar-refractivity contribution in [2.24, 2.45) is 5.92 Å². The molecule has 1 aliphatic heterocycles. The maximum Gasteiger partial charge on any atom is 0.254 e. The predicted octanol–water partition coefficient (Wildman–Crippen LogP) is 2.01. The highest BCUT2D eigenvalue weighted by molar-refractivity contribution is 5.94. The van der Waals surface area contributed by atoms with E-state index < -0.39 is 29.7 Å². The van der Waals surface area contributed by atoms with E-state index in [0.717, 1.165) is 35.8 Å². The molecule has 9 nitrogen and oxygen atoms in total. The number of carbonyl (C=O) groups excluding carboxylic acids is 3. The first kappa shape index (κ1) is 30.5. The van der Waals surface area contributed by atoms with Crippen LogP contribution in [0, 0.1) is 5.92 Å². The Labute approximate surface area is 231 Å². The minimum Gasteiger partial charge on any atom is -0.391 e. The number of aliphatic hydroxyl groups excluding tert-OH is 1. The molecule has 0 unspecified atom stereocenters. The molecule has 0 spiro atoms. The number of amides is 3. The molecule has 0 aliphatic carbocycles. The third-order valence-corrected chi connectivity index (χ3v) is 7.14. The van der Waals surface area contributed by atoms with Crippen molar-refractivity contribution in [3.63, 3.8) is 0 Å². The van der Waals surface area contributed by atoms with E-state index in [4.69, 9.17) is 4.74 Å². The van der Waals surface area contributed by atoms with Crippen LogP contribution >= 0.6 is 0 Å². The number of hydrogen-bond donors (Lipinski definition) is 4. The summed E-state index contributed by atoms with van der Waals surface area (Å²) in [6.45, 7) is 9.75. The van der Waals surface area contributed by atoms with Gasteiger partial charge in [0, 0.05) is 33.0 Å². The van der Waals surface area contributed by atoms with Crippen molar-refractivity contribution in [2.75, 3.05) is 33.3 Å². The van der Waals surface area contributed by atoms with Crippen molar-refractivity contribution in [1.82, 2.24) is 20.9 Å². The minimum atomic E-state index is -1.14. The summed E-state index contributed by atoms with van der Waals surface area (Å²) < 4.78 is 5.32. The maximum absolute atomic E-state index is 13.5. The zero-order valence-corrected chi connectivity index (χ0v) is 23.8. The first-order chi connectivity index (χ1) is 18.5. The molecular formula is C30H44N4O5. The van der Waals surface area contributed by atoms with Crippen molar-refractivity contribution in [3.05, 3.63) is 48.0 Å². The normalized spacial score (nSPS) is 18.4. The van der Waals surface area contributed by atoms with Crippen molar-refractivity contribution in [2.45, 2.75) is 70.7 Å². The van der Waals surface area contributed by atoms with E-state index in [-0.39, 0.29) is 24.8 Å². The van der Waals surface area contributed by atoms with Gasteiger partial charge in [-0.25, -0.2) is 0 Å². The molecule has 0 aromatic heterocycles. The van der Waals surface area contributed by atoms with Gasteiger partial charge in [0.15, 0.2) is 0 Å². The zero-order chi connectivity index (χ0) is 28.6. The average Bonchev–Trinajstić information content (AvgIpc) is 3.30. The Bertz CT molecular complexity index is 1140. The van der Waals surface area contributed by atoms with Gasteiger partial charge in [0.1, 0.15) is 17.7 Å². The first-order valence-corrected chi connectivity index (χ1v) is 13.8. The molecule has 0 bridgehead atoms. The number of methoxy groups -OCH3 is 1. The van der Waals surface area contributed by atoms with E-state index in [0.29, 0.717) is 18.9 Å². The quantitative estimate of drug-likeness (QED) is 0.289. The largest absolute Gasteiger partial charge is 0.391 e. The molecule has 3 atom stereocenters. The van der Waals surface area contributed by atoms with E-state index >= 15 is 0 Å². The second kappa shape index (κ2) is 13.9. The number of rotatable bonds is 13. The summed E-state index contributed by atoms with van der Waals surface area (Å²) >= 11 is 0. The SMILES string of the molecule is COC(C)(C)C(=O)N1C[C@H](O)C[C@H]1C(=O)N[C@H](Cc1ccc2ccccc2c1)C(=O)NCCCNCC(C)C. The van der Waals surface area contributed by atoms with E-state index in [9.17, 15) is 19.5 Å². The number of carbonyl (C=O) groups is 3. The van der Waals surface area contributed by atoms with Crippen LogP contribution in [0.5, 0.6) is 0 Å². The van der Waals surface area contributed by atoms with Crippen molar-refractivity contribution < 1.29 is 24.2 Å². The second-order valence-electron chi connectivity index (χ2n) is 11.3. The number of fused-ring (bicyclic) bond motifs is 1. The molecule has 3 amide bonds. The van der Waals surface area contributed by atoms with Crippen LogP contribution in [0.3, 0.4) is 0 Å². The summed E-state index contributed by atoms with van der Waals surface area (Å²) in [4.78, 5) is 41.2. The summed E-state index contributed by atoms with van der Waals surface area (Å²) in [5.74, 6) is -0.581. The summed E-state index contributed by atoms with van der Waals surface area (Å²) in [5, 5.41) is 21.6. The molecule has 3 rings (SSSR count). The van der Waals surface area contributed by atoms with E-state index in [2.05, 4.69) is 29.8 Å². The number of hydrogen-bond acceptors (Lipinski definition) is 6. The van der Waals surface area contributed by atoms with Gasteiger partial charge >= 0.3 is 0 Å². The topological polar surface area (TPSA) is 120 Å². The van der Waals surface area contributed by atoms with Crippen LogP contribution in [0.4, 0.5) is 0 Å². The van der Waals surface area contributed by atoms with Crippen LogP contribution in [-0.2, 0) is 25.5 Å². The van der Waals surface area contributed by atoms with E-state index in [1.165, 1.54) is 12.0 Å². The van der Waals surface area contributed by atoms with Gasteiger partial charge in [-0.1, -0.05) is 56.3 Å². The molecule has 1 fully saturated rings. The fourth-order valence-electron chi connectivity index (χ4n) is 4.74. The standard InChI is InChI=1S/C30H44N4O5/c1-20(2)18-31-13-8-14-32-27(36)25(16-21-11-12-22-9-6-7-10-23(22)15-21)33-28(37)26-17-24(35)19-34(26)29(38)30(3,4)39-5/h6-7,9-12,15,20,24-26,31,35H,8,13-14,16-19H2,1-5H3,(H,32,36)(H,33,37)/t24-,25-,26+/m1/s1. The van der Waals surface area contributed by atoms with Crippen LogP contribution < -0.4 is 16.0 Å². The third kappa shape index (κ3) is 8.49. The average molecular weight is 541 g/mol. The molecule has 1 saturated heterocycles. The number of nitrogens with zero attached hydrogens (tertiary/aromatic N) is 1. The summed E-state index contributed by atoms with van der Waals surface area (Å²) in [6, 6.07) is 12.2. The Morgan fingerprint density at radius 1 is 1.10 bits per heavy atom. The smallest absolute Gasteiger partial charge is 0.254 e. The van der Waals surface area contributed by atoms with Crippen LogP contribution in [0.1, 0.15) is 46.1 Å². The van der Waals surface area contributed by atoms with Crippen LogP contribution in [0.15, 0.2) is 42.5 Å². The zero-order valence-electron chi connectivity index (χ0n) is 23.8. The molecule has 214 valence electrons. The van der Waals surface area contributed by atoms with E-state index in [1.54, 1.807) is 13.8 Å². The lowest BCUT2D eigenvalue weighted by molar-refractivity contribution is -0.154. The van der Waals surface area contributed by atoms with E-state index in [1.807, 2.05) is 42.5 Å². The number of β-amino-alcohol motifs (C(OH)–C–C–N with tert-alkyl or cyclic N) is 1. The number of likely N-dealkylation sites (tertiary alicyclic amines) is 1. The Morgan fingerprint density at radius 3 is 2.51 bits per heavy atom. The molecule has 4 N–H and O–H groups in total. The highest BCUT2D eigenvalue weighted by Crippen LogP contribution is 2.24. The van der Waals surface area contributed by atoms with Gasteiger partial charge in [-0.2, -0.15) is 0 Å². The third-order valence-electron chi connectivity index (χ3n) is 7.14. The van der Waals surface area contributed by atoms with Gasteiger partial charge in [-0.3, -0.25) is 14.4 Å². The van der Waals surface area contributed by atoms with Crippen molar-refractivity contribution in [1.29, 1.82) is 0 Å². The number of benzene rings is 2. The highest BCUT2D eigenvalue weighted by Gasteiger charge is 2.44. The lowest BCUT2D eigenvalue weighted by Crippen LogP contribution is -2.56. The molecule has 1 aliphatic rings. The molecular weight excluding hydrogens is 496 g/mol. The van der Waals surface area contributed by atoms with Gasteiger partial charge in [0.2, 0.25) is 11.8 Å². The van der Waals surface area contributed by atoms with Crippen molar-refractivity contribution in [3.8, 4) is 0 Å². The summed E-state index contributed by atoms with van der Waals surface area (Å²) in [5.41, 5.74) is -0.235. The Morgan fingerprint density at radius 2 is 1.82 bits per heavy atom. The monoisotopic (exact) mass is 540 g/mol. The Kier molecular flexibility index (Phi) is 10.9. The van der Waals surface area contributed by atoms with Gasteiger partial charge in [0.05, 0.1) is 6.10 Å². The molecule has 0 radical (unpaired) electrons. The summed E-state index contributed by atoms with van der Waals surface area (Å²) in [6.07, 6.45) is 0.325. The lowest BCUT2D eigenvalue weighted by atomic mass is 10.0. The fourth-order valence-corrected chi connectivity index (χ4v) is 4.74. The number of aliphatic hydroxyl groups is 1. The van der Waals surface area contributed by atoms with Gasteiger partial charge < -0.3 is 30.7 Å². The molecule has 2 aromatic rings. The van der Waals surface area contributed by atoms with Crippen molar-refractivity contribution >= 4 is 28.5 Å². The number of ether oxygens (including phenoxy) is 1. The van der Waals surface area contributed by atoms with Gasteiger partial charge in [-0.05, 0) is 55.6 Å². The molecule has 2 aromatic carbocycles. The maximum atomic E-state index is 13.5. The fraction of sp³-hybridized carbons (Fsp3) is 0.567. The summed E-state index contributed by atoms with van der Waals surface area (Å²) in [7, 11) is 1.43. The lowest BCUT2D eigenvalue weighted by Gasteiger charge is -2.32. The molecule has 39 heavy (non-hydrogen) atoms. The minimum absolute atomic E-state index is 0.0363. The van der Waals surface area contributed by atoms with Gasteiger partial charge in [0.25, 0.3) is 5.91 Å². The number of nitrogens with one attached hydrogen (secondary N) is 3. The highest BCUT2D eigenvalue weighted by atomic mass is 16.5. The van der Waals surface area contributed by atoms with Crippen LogP contribution in [-0.4, -0.2) is 84.8 Å². The van der Waals surface area contributed by atoms with Crippen LogP contribution in [0.25, 0.3) is 10.8 Å². The molecule has 0 saturated carbocycles. The van der Waals surface area contributed by atoms with Gasteiger partial charge in [-0.15, -0.1) is 0 Å². The first-order valence-electron chi connectivity index (χ1n) is 13.8. The Hall–Kier alpha value is -3.01. The second-order valence-corrected chi connectivity index (χ2v) is 11.3.